The van der Waals surface area contributed by atoms with Gasteiger partial charge in [-0.25, -0.2) is 0 Å². The maximum Gasteiger partial charge on any atom is 0.241 e. The molecule has 108 valence electrons. The number of hydrogen-bond donors (Lipinski definition) is 2. The molecule has 3 N–H and O–H groups in total. The summed E-state index contributed by atoms with van der Waals surface area (Å²) in [5.41, 5.74) is 6.37. The van der Waals surface area contributed by atoms with Crippen molar-refractivity contribution >= 4 is 35.6 Å². The summed E-state index contributed by atoms with van der Waals surface area (Å²) in [7, 11) is 0. The number of nitrogens with two attached hydrogens (primary N) is 1. The molecule has 0 saturated heterocycles. The summed E-state index contributed by atoms with van der Waals surface area (Å²) in [6, 6.07) is 4.58. The predicted molar refractivity (Wildman–Crippen MR) is 81.3 cm³/mol. The molecule has 1 aromatic carbocycles. The Kier molecular flexibility index (Phi) is 7.83. The molecule has 1 atom stereocenters. The van der Waals surface area contributed by atoms with Gasteiger partial charge in [-0.1, -0.05) is 25.4 Å². The lowest BCUT2D eigenvalue weighted by molar-refractivity contribution is -0.118. The van der Waals surface area contributed by atoms with Crippen LogP contribution >= 0.6 is 24.0 Å². The largest absolute Gasteiger partial charge is 0.492 e. The highest BCUT2D eigenvalue weighted by Crippen LogP contribution is 2.27. The number of rotatable bonds is 5. The molecule has 0 aliphatic carbocycles. The van der Waals surface area contributed by atoms with E-state index in [4.69, 9.17) is 22.1 Å². The van der Waals surface area contributed by atoms with Crippen molar-refractivity contribution in [1.29, 1.82) is 0 Å². The summed E-state index contributed by atoms with van der Waals surface area (Å²) in [5, 5.41) is 3.19. The van der Waals surface area contributed by atoms with Crippen LogP contribution in [0.3, 0.4) is 0 Å². The highest BCUT2D eigenvalue weighted by atomic mass is 35.5. The van der Waals surface area contributed by atoms with Crippen molar-refractivity contribution in [2.45, 2.75) is 26.8 Å². The maximum atomic E-state index is 11.8. The first-order chi connectivity index (χ1) is 8.45. The Labute approximate surface area is 125 Å². The zero-order chi connectivity index (χ0) is 13.7. The van der Waals surface area contributed by atoms with Gasteiger partial charge in [0.15, 0.2) is 0 Å². The van der Waals surface area contributed by atoms with E-state index in [0.29, 0.717) is 23.1 Å². The second-order valence-corrected chi connectivity index (χ2v) is 4.74. The van der Waals surface area contributed by atoms with Crippen molar-refractivity contribution < 1.29 is 9.53 Å². The van der Waals surface area contributed by atoms with Crippen molar-refractivity contribution in [3.05, 3.63) is 23.2 Å². The number of anilines is 1. The van der Waals surface area contributed by atoms with Gasteiger partial charge in [0.2, 0.25) is 5.91 Å². The Balaban J connectivity index is 0.00000324. The predicted octanol–water partition coefficient (Wildman–Crippen LogP) is 3.08. The molecular weight excluding hydrogens is 287 g/mol. The molecule has 0 bridgehead atoms. The lowest BCUT2D eigenvalue weighted by atomic mass is 10.0. The lowest BCUT2D eigenvalue weighted by Crippen LogP contribution is -2.39. The normalized spacial score (nSPS) is 11.7. The van der Waals surface area contributed by atoms with E-state index >= 15 is 0 Å². The molecule has 0 spiro atoms. The standard InChI is InChI=1S/C13H19ClN2O2.ClH/c1-4-18-11-6-5-9(7-10(11)14)16-13(17)12(15)8(2)3;/h5-8,12H,4,15H2,1-3H3,(H,16,17);1H/t12-;/m0./s1. The SMILES string of the molecule is CCOc1ccc(NC(=O)[C@@H](N)C(C)C)cc1Cl.Cl. The minimum Gasteiger partial charge on any atom is -0.492 e. The summed E-state index contributed by atoms with van der Waals surface area (Å²) in [6.07, 6.45) is 0. The molecule has 0 heterocycles. The average molecular weight is 307 g/mol. The van der Waals surface area contributed by atoms with Crippen LogP contribution in [0.5, 0.6) is 5.75 Å². The lowest BCUT2D eigenvalue weighted by Gasteiger charge is -2.16. The van der Waals surface area contributed by atoms with E-state index in [0.717, 1.165) is 0 Å². The third-order valence-corrected chi connectivity index (χ3v) is 2.82. The third-order valence-electron chi connectivity index (χ3n) is 2.52. The summed E-state index contributed by atoms with van der Waals surface area (Å²) >= 11 is 6.03. The van der Waals surface area contributed by atoms with Crippen molar-refractivity contribution in [1.82, 2.24) is 0 Å². The van der Waals surface area contributed by atoms with Gasteiger partial charge < -0.3 is 15.8 Å². The maximum absolute atomic E-state index is 11.8. The Hall–Kier alpha value is -0.970. The fourth-order valence-corrected chi connectivity index (χ4v) is 1.61. The van der Waals surface area contributed by atoms with Gasteiger partial charge >= 0.3 is 0 Å². The van der Waals surface area contributed by atoms with E-state index in [2.05, 4.69) is 5.32 Å². The van der Waals surface area contributed by atoms with Crippen LogP contribution in [0.1, 0.15) is 20.8 Å². The summed E-state index contributed by atoms with van der Waals surface area (Å²) in [6.45, 7) is 6.22. The van der Waals surface area contributed by atoms with Gasteiger partial charge in [0.1, 0.15) is 5.75 Å². The molecule has 0 aromatic heterocycles. The van der Waals surface area contributed by atoms with Crippen molar-refractivity contribution in [3.8, 4) is 5.75 Å². The summed E-state index contributed by atoms with van der Waals surface area (Å²) in [4.78, 5) is 11.8. The number of benzene rings is 1. The molecule has 19 heavy (non-hydrogen) atoms. The molecule has 4 nitrogen and oxygen atoms in total. The fraction of sp³-hybridized carbons (Fsp3) is 0.462. The van der Waals surface area contributed by atoms with Gasteiger partial charge in [-0.15, -0.1) is 12.4 Å². The third kappa shape index (κ3) is 5.27. The van der Waals surface area contributed by atoms with Crippen LogP contribution in [0, 0.1) is 5.92 Å². The molecule has 0 aliphatic rings. The van der Waals surface area contributed by atoms with Crippen LogP contribution in [0.25, 0.3) is 0 Å². The topological polar surface area (TPSA) is 64.3 Å². The van der Waals surface area contributed by atoms with E-state index in [1.54, 1.807) is 18.2 Å². The van der Waals surface area contributed by atoms with Crippen LogP contribution in [0.15, 0.2) is 18.2 Å². The highest BCUT2D eigenvalue weighted by Gasteiger charge is 2.17. The number of ether oxygens (including phenoxy) is 1. The van der Waals surface area contributed by atoms with Gasteiger partial charge in [-0.2, -0.15) is 0 Å². The van der Waals surface area contributed by atoms with E-state index in [9.17, 15) is 4.79 Å². The highest BCUT2D eigenvalue weighted by molar-refractivity contribution is 6.32. The fourth-order valence-electron chi connectivity index (χ4n) is 1.38. The Morgan fingerprint density at radius 3 is 2.58 bits per heavy atom. The van der Waals surface area contributed by atoms with Crippen LogP contribution in [0.4, 0.5) is 5.69 Å². The minimum atomic E-state index is -0.532. The van der Waals surface area contributed by atoms with E-state index in [1.165, 1.54) is 0 Å². The van der Waals surface area contributed by atoms with Crippen LogP contribution in [-0.4, -0.2) is 18.6 Å². The number of nitrogens with one attached hydrogen (secondary N) is 1. The number of hydrogen-bond acceptors (Lipinski definition) is 3. The molecule has 1 aromatic rings. The summed E-state index contributed by atoms with van der Waals surface area (Å²) in [5.74, 6) is 0.471. The monoisotopic (exact) mass is 306 g/mol. The first kappa shape index (κ1) is 18.0. The van der Waals surface area contributed by atoms with Gasteiger partial charge in [-0.05, 0) is 31.0 Å². The molecule has 0 radical (unpaired) electrons. The Morgan fingerprint density at radius 2 is 2.11 bits per heavy atom. The molecule has 0 saturated carbocycles. The van der Waals surface area contributed by atoms with Gasteiger partial charge in [0, 0.05) is 5.69 Å². The van der Waals surface area contributed by atoms with Crippen LogP contribution < -0.4 is 15.8 Å². The quantitative estimate of drug-likeness (QED) is 0.878. The first-order valence-electron chi connectivity index (χ1n) is 5.94. The molecule has 6 heteroatoms. The zero-order valence-electron chi connectivity index (χ0n) is 11.3. The number of amides is 1. The van der Waals surface area contributed by atoms with Gasteiger partial charge in [0.05, 0.1) is 17.7 Å². The van der Waals surface area contributed by atoms with Crippen LogP contribution in [-0.2, 0) is 4.79 Å². The number of carbonyl (C=O) groups excluding carboxylic acids is 1. The molecule has 1 amide bonds. The number of halogens is 2. The molecular formula is C13H20Cl2N2O2. The van der Waals surface area contributed by atoms with Crippen molar-refractivity contribution in [2.75, 3.05) is 11.9 Å². The minimum absolute atomic E-state index is 0. The van der Waals surface area contributed by atoms with Crippen molar-refractivity contribution in [3.63, 3.8) is 0 Å². The Morgan fingerprint density at radius 1 is 1.47 bits per heavy atom. The smallest absolute Gasteiger partial charge is 0.241 e. The number of carbonyl (C=O) groups is 1. The second kappa shape index (κ2) is 8.25. The van der Waals surface area contributed by atoms with E-state index < -0.39 is 6.04 Å². The average Bonchev–Trinajstić information content (AvgIpc) is 2.31. The van der Waals surface area contributed by atoms with Gasteiger partial charge in [0.25, 0.3) is 0 Å². The van der Waals surface area contributed by atoms with E-state index in [-0.39, 0.29) is 24.2 Å². The Bertz CT molecular complexity index is 425. The van der Waals surface area contributed by atoms with E-state index in [1.807, 2.05) is 20.8 Å². The summed E-state index contributed by atoms with van der Waals surface area (Å²) < 4.78 is 5.31. The molecule has 0 fully saturated rings. The molecule has 1 rings (SSSR count). The molecule has 0 aliphatic heterocycles. The van der Waals surface area contributed by atoms with Crippen LogP contribution in [0.2, 0.25) is 5.02 Å². The van der Waals surface area contributed by atoms with Gasteiger partial charge in [-0.3, -0.25) is 4.79 Å². The second-order valence-electron chi connectivity index (χ2n) is 4.34. The zero-order valence-corrected chi connectivity index (χ0v) is 12.8. The molecule has 0 unspecified atom stereocenters. The van der Waals surface area contributed by atoms with Crippen molar-refractivity contribution in [2.24, 2.45) is 11.7 Å². The first-order valence-corrected chi connectivity index (χ1v) is 6.32.